The summed E-state index contributed by atoms with van der Waals surface area (Å²) in [6, 6.07) is 5.14. The molecule has 0 radical (unpaired) electrons. The lowest BCUT2D eigenvalue weighted by atomic mass is 10.1. The van der Waals surface area contributed by atoms with Crippen LogP contribution in [0, 0.1) is 0 Å². The zero-order valence-corrected chi connectivity index (χ0v) is 13.7. The normalized spacial score (nSPS) is 32.3. The zero-order chi connectivity index (χ0) is 16.6. The van der Waals surface area contributed by atoms with Crippen molar-refractivity contribution in [2.45, 2.75) is 44.2 Å². The SMILES string of the molecule is COc1cc(/C=C/[C@H]2OC(OC)[C@@H]3OC(C)(C)O[C@H]23)ccc1O. The lowest BCUT2D eigenvalue weighted by Crippen LogP contribution is -2.30. The van der Waals surface area contributed by atoms with Crippen LogP contribution in [-0.2, 0) is 18.9 Å². The maximum atomic E-state index is 9.64. The Morgan fingerprint density at radius 2 is 1.91 bits per heavy atom. The smallest absolute Gasteiger partial charge is 0.187 e. The van der Waals surface area contributed by atoms with Gasteiger partial charge in [0.15, 0.2) is 23.6 Å². The molecule has 0 aromatic heterocycles. The number of hydrogen-bond acceptors (Lipinski definition) is 6. The van der Waals surface area contributed by atoms with Gasteiger partial charge in [-0.05, 0) is 31.5 Å². The second-order valence-corrected chi connectivity index (χ2v) is 6.06. The number of aromatic hydroxyl groups is 1. The van der Waals surface area contributed by atoms with E-state index in [1.165, 1.54) is 7.11 Å². The third-order valence-corrected chi connectivity index (χ3v) is 3.96. The van der Waals surface area contributed by atoms with Crippen molar-refractivity contribution in [3.63, 3.8) is 0 Å². The van der Waals surface area contributed by atoms with Gasteiger partial charge in [-0.1, -0.05) is 18.2 Å². The second-order valence-electron chi connectivity index (χ2n) is 6.06. The summed E-state index contributed by atoms with van der Waals surface area (Å²) in [6.45, 7) is 3.76. The average molecular weight is 322 g/mol. The fourth-order valence-corrected chi connectivity index (χ4v) is 2.94. The highest BCUT2D eigenvalue weighted by Gasteiger charge is 2.54. The van der Waals surface area contributed by atoms with Crippen LogP contribution in [0.2, 0.25) is 0 Å². The van der Waals surface area contributed by atoms with Crippen LogP contribution >= 0.6 is 0 Å². The Hall–Kier alpha value is -1.60. The Bertz CT molecular complexity index is 597. The van der Waals surface area contributed by atoms with E-state index in [9.17, 15) is 5.11 Å². The van der Waals surface area contributed by atoms with E-state index >= 15 is 0 Å². The summed E-state index contributed by atoms with van der Waals surface area (Å²) in [4.78, 5) is 0. The molecule has 1 unspecified atom stereocenters. The molecule has 0 amide bonds. The Morgan fingerprint density at radius 1 is 1.17 bits per heavy atom. The maximum absolute atomic E-state index is 9.64. The van der Waals surface area contributed by atoms with E-state index < -0.39 is 12.1 Å². The van der Waals surface area contributed by atoms with Gasteiger partial charge in [0.1, 0.15) is 18.3 Å². The topological polar surface area (TPSA) is 66.4 Å². The zero-order valence-electron chi connectivity index (χ0n) is 13.7. The van der Waals surface area contributed by atoms with Crippen LogP contribution < -0.4 is 4.74 Å². The molecule has 2 fully saturated rings. The highest BCUT2D eigenvalue weighted by molar-refractivity contribution is 5.56. The predicted molar refractivity (Wildman–Crippen MR) is 83.2 cm³/mol. The summed E-state index contributed by atoms with van der Waals surface area (Å²) in [7, 11) is 3.11. The number of methoxy groups -OCH3 is 2. The molecule has 2 saturated heterocycles. The van der Waals surface area contributed by atoms with Crippen molar-refractivity contribution in [2.75, 3.05) is 14.2 Å². The van der Waals surface area contributed by atoms with Crippen LogP contribution in [0.15, 0.2) is 24.3 Å². The number of phenolic OH excluding ortho intramolecular Hbond substituents is 1. The molecule has 1 N–H and O–H groups in total. The summed E-state index contributed by atoms with van der Waals surface area (Å²) < 4.78 is 28.1. The number of benzene rings is 1. The molecule has 6 heteroatoms. The van der Waals surface area contributed by atoms with Gasteiger partial charge < -0.3 is 28.8 Å². The molecule has 2 heterocycles. The summed E-state index contributed by atoms with van der Waals surface area (Å²) in [6.07, 6.45) is 2.62. The molecule has 4 atom stereocenters. The third kappa shape index (κ3) is 3.21. The summed E-state index contributed by atoms with van der Waals surface area (Å²) >= 11 is 0. The Labute approximate surface area is 135 Å². The minimum Gasteiger partial charge on any atom is -0.504 e. The molecule has 126 valence electrons. The molecular formula is C17H22O6. The van der Waals surface area contributed by atoms with E-state index in [2.05, 4.69) is 0 Å². The summed E-state index contributed by atoms with van der Waals surface area (Å²) in [5.41, 5.74) is 0.888. The lowest BCUT2D eigenvalue weighted by Gasteiger charge is -2.22. The highest BCUT2D eigenvalue weighted by atomic mass is 16.8. The fraction of sp³-hybridized carbons (Fsp3) is 0.529. The van der Waals surface area contributed by atoms with Gasteiger partial charge in [0.2, 0.25) is 0 Å². The Morgan fingerprint density at radius 3 is 2.61 bits per heavy atom. The molecule has 2 aliphatic rings. The first-order chi connectivity index (χ1) is 10.9. The first kappa shape index (κ1) is 16.3. The van der Waals surface area contributed by atoms with E-state index in [0.717, 1.165) is 5.56 Å². The van der Waals surface area contributed by atoms with Gasteiger partial charge in [-0.15, -0.1) is 0 Å². The largest absolute Gasteiger partial charge is 0.504 e. The van der Waals surface area contributed by atoms with E-state index in [0.29, 0.717) is 5.75 Å². The van der Waals surface area contributed by atoms with E-state index in [4.69, 9.17) is 23.7 Å². The van der Waals surface area contributed by atoms with Crippen molar-refractivity contribution in [3.05, 3.63) is 29.8 Å². The number of fused-ring (bicyclic) bond motifs is 1. The van der Waals surface area contributed by atoms with Crippen molar-refractivity contribution in [1.29, 1.82) is 0 Å². The Kier molecular flexibility index (Phi) is 4.33. The van der Waals surface area contributed by atoms with Crippen LogP contribution in [0.4, 0.5) is 0 Å². The molecule has 23 heavy (non-hydrogen) atoms. The average Bonchev–Trinajstić information content (AvgIpc) is 2.99. The second kappa shape index (κ2) is 6.13. The van der Waals surface area contributed by atoms with E-state index in [1.54, 1.807) is 25.3 Å². The van der Waals surface area contributed by atoms with Crippen molar-refractivity contribution in [2.24, 2.45) is 0 Å². The minimum atomic E-state index is -0.649. The molecule has 1 aromatic carbocycles. The molecule has 0 bridgehead atoms. The Balaban J connectivity index is 1.77. The van der Waals surface area contributed by atoms with Crippen LogP contribution in [-0.4, -0.2) is 49.7 Å². The van der Waals surface area contributed by atoms with Gasteiger partial charge in [0.05, 0.1) is 7.11 Å². The first-order valence-electron chi connectivity index (χ1n) is 7.52. The van der Waals surface area contributed by atoms with Crippen LogP contribution in [0.5, 0.6) is 11.5 Å². The molecular weight excluding hydrogens is 300 g/mol. The van der Waals surface area contributed by atoms with Gasteiger partial charge in [-0.2, -0.15) is 0 Å². The highest BCUT2D eigenvalue weighted by Crippen LogP contribution is 2.39. The van der Waals surface area contributed by atoms with Crippen molar-refractivity contribution >= 4 is 6.08 Å². The standard InChI is InChI=1S/C17H22O6/c1-17(2)22-14-12(21-16(20-4)15(14)23-17)8-6-10-5-7-11(18)13(9-10)19-3/h5-9,12,14-16,18H,1-4H3/b8-6+/t12-,14-,15-,16?/m1/s1. The predicted octanol–water partition coefficient (Wildman–Crippen LogP) is 2.31. The summed E-state index contributed by atoms with van der Waals surface area (Å²) in [5.74, 6) is -0.117. The van der Waals surface area contributed by atoms with Gasteiger partial charge in [0.25, 0.3) is 0 Å². The van der Waals surface area contributed by atoms with Gasteiger partial charge in [-0.25, -0.2) is 0 Å². The molecule has 0 spiro atoms. The van der Waals surface area contributed by atoms with Crippen molar-refractivity contribution in [1.82, 2.24) is 0 Å². The molecule has 0 saturated carbocycles. The van der Waals surface area contributed by atoms with Gasteiger partial charge in [0, 0.05) is 7.11 Å². The molecule has 2 aliphatic heterocycles. The first-order valence-corrected chi connectivity index (χ1v) is 7.52. The fourth-order valence-electron chi connectivity index (χ4n) is 2.94. The van der Waals surface area contributed by atoms with Crippen LogP contribution in [0.3, 0.4) is 0 Å². The quantitative estimate of drug-likeness (QED) is 0.917. The van der Waals surface area contributed by atoms with E-state index in [-0.39, 0.29) is 24.1 Å². The molecule has 3 rings (SSSR count). The summed E-state index contributed by atoms with van der Waals surface area (Å²) in [5, 5.41) is 9.64. The monoisotopic (exact) mass is 322 g/mol. The van der Waals surface area contributed by atoms with Crippen LogP contribution in [0.25, 0.3) is 6.08 Å². The van der Waals surface area contributed by atoms with Crippen LogP contribution in [0.1, 0.15) is 19.4 Å². The number of hydrogen-bond donors (Lipinski definition) is 1. The molecule has 1 aromatic rings. The van der Waals surface area contributed by atoms with Crippen molar-refractivity contribution < 1.29 is 28.8 Å². The lowest BCUT2D eigenvalue weighted by molar-refractivity contribution is -0.221. The third-order valence-electron chi connectivity index (χ3n) is 3.96. The van der Waals surface area contributed by atoms with Gasteiger partial charge in [-0.3, -0.25) is 0 Å². The number of phenols is 1. The van der Waals surface area contributed by atoms with Crippen molar-refractivity contribution in [3.8, 4) is 11.5 Å². The number of rotatable bonds is 4. The minimum absolute atomic E-state index is 0.107. The van der Waals surface area contributed by atoms with E-state index in [1.807, 2.05) is 26.0 Å². The maximum Gasteiger partial charge on any atom is 0.187 e. The van der Waals surface area contributed by atoms with Gasteiger partial charge >= 0.3 is 0 Å². The number of ether oxygens (including phenoxy) is 5. The molecule has 0 aliphatic carbocycles. The molecule has 6 nitrogen and oxygen atoms in total.